The van der Waals surface area contributed by atoms with Gasteiger partial charge in [-0.05, 0) is 41.8 Å². The van der Waals surface area contributed by atoms with Crippen LogP contribution in [0.5, 0.6) is 11.5 Å². The Bertz CT molecular complexity index is 1300. The van der Waals surface area contributed by atoms with Gasteiger partial charge in [-0.3, -0.25) is 4.79 Å². The van der Waals surface area contributed by atoms with Crippen molar-refractivity contribution in [1.29, 1.82) is 5.26 Å². The highest BCUT2D eigenvalue weighted by Gasteiger charge is 2.47. The van der Waals surface area contributed by atoms with Crippen molar-refractivity contribution in [3.05, 3.63) is 65.4 Å². The summed E-state index contributed by atoms with van der Waals surface area (Å²) in [4.78, 5) is 13.1. The number of anilines is 2. The Hall–Kier alpha value is -4.20. The lowest BCUT2D eigenvalue weighted by Gasteiger charge is -2.34. The zero-order valence-electron chi connectivity index (χ0n) is 19.6. The zero-order chi connectivity index (χ0) is 25.9. The average molecular weight is 499 g/mol. The smallest absolute Gasteiger partial charge is 0.410 e. The number of benzene rings is 2. The summed E-state index contributed by atoms with van der Waals surface area (Å²) in [7, 11) is 2.92. The van der Waals surface area contributed by atoms with E-state index in [2.05, 4.69) is 21.8 Å². The van der Waals surface area contributed by atoms with Gasteiger partial charge in [0.15, 0.2) is 17.5 Å². The summed E-state index contributed by atoms with van der Waals surface area (Å²) in [5.41, 5.74) is 1.85. The van der Waals surface area contributed by atoms with E-state index in [0.29, 0.717) is 35.6 Å². The first-order chi connectivity index (χ1) is 17.2. The minimum Gasteiger partial charge on any atom is -0.493 e. The highest BCUT2D eigenvalue weighted by atomic mass is 19.4. The fourth-order valence-electron chi connectivity index (χ4n) is 4.22. The number of hydrogen-bond donors (Lipinski definition) is 2. The summed E-state index contributed by atoms with van der Waals surface area (Å²) < 4.78 is 53.4. The molecular formula is C25H24F3N5O3. The Morgan fingerprint density at radius 2 is 2.00 bits per heavy atom. The van der Waals surface area contributed by atoms with Crippen LogP contribution in [0.15, 0.2) is 48.7 Å². The Kier molecular flexibility index (Phi) is 7.05. The first-order valence-corrected chi connectivity index (χ1v) is 11.1. The molecule has 1 aliphatic heterocycles. The van der Waals surface area contributed by atoms with Gasteiger partial charge in [-0.2, -0.15) is 23.5 Å². The molecule has 0 spiro atoms. The summed E-state index contributed by atoms with van der Waals surface area (Å²) >= 11 is 0. The van der Waals surface area contributed by atoms with Crippen molar-refractivity contribution in [2.24, 2.45) is 0 Å². The van der Waals surface area contributed by atoms with Crippen LogP contribution in [-0.4, -0.2) is 36.1 Å². The molecule has 0 aliphatic carbocycles. The molecule has 2 aromatic carbocycles. The van der Waals surface area contributed by atoms with E-state index in [4.69, 9.17) is 14.7 Å². The van der Waals surface area contributed by atoms with Gasteiger partial charge in [0, 0.05) is 18.5 Å². The number of halogens is 3. The lowest BCUT2D eigenvalue weighted by Crippen LogP contribution is -2.36. The van der Waals surface area contributed by atoms with Gasteiger partial charge in [0.2, 0.25) is 0 Å². The van der Waals surface area contributed by atoms with Crippen LogP contribution in [0.1, 0.15) is 46.4 Å². The molecule has 2 heterocycles. The number of nitrogens with zero attached hydrogens (tertiary/aromatic N) is 3. The van der Waals surface area contributed by atoms with E-state index in [1.165, 1.54) is 14.2 Å². The molecular weight excluding hydrogens is 475 g/mol. The summed E-state index contributed by atoms with van der Waals surface area (Å²) in [6.45, 7) is 0. The van der Waals surface area contributed by atoms with Crippen molar-refractivity contribution >= 4 is 17.4 Å². The molecule has 0 saturated carbocycles. The van der Waals surface area contributed by atoms with Crippen LogP contribution in [0, 0.1) is 11.3 Å². The molecule has 11 heteroatoms. The number of alkyl halides is 3. The zero-order valence-corrected chi connectivity index (χ0v) is 19.6. The third kappa shape index (κ3) is 5.07. The second kappa shape index (κ2) is 10.2. The molecule has 36 heavy (non-hydrogen) atoms. The standard InChI is InChI=1S/C25H24F3N5O3/c1-35-20-9-8-16(12-21(20)36-2)19-13-22(25(26,27)28)33-23(32-19)18(14-30-33)24(34)31-17-7-3-5-15(11-17)6-4-10-29/h3,5,7-9,11-12,14,19,22,32H,4,6,13H2,1-2H3,(H,31,34)/t19-,22-/m1/s1. The Morgan fingerprint density at radius 3 is 2.69 bits per heavy atom. The number of methoxy groups -OCH3 is 2. The van der Waals surface area contributed by atoms with Gasteiger partial charge in [-0.1, -0.05) is 18.2 Å². The van der Waals surface area contributed by atoms with Crippen molar-refractivity contribution in [2.75, 3.05) is 24.9 Å². The van der Waals surface area contributed by atoms with E-state index in [9.17, 15) is 18.0 Å². The molecule has 1 aromatic heterocycles. The number of ether oxygens (including phenoxy) is 2. The van der Waals surface area contributed by atoms with E-state index < -0.39 is 24.2 Å². The second-order valence-electron chi connectivity index (χ2n) is 8.27. The number of rotatable bonds is 7. The Morgan fingerprint density at radius 1 is 1.22 bits per heavy atom. The number of aryl methyl sites for hydroxylation is 1. The average Bonchev–Trinajstić information content (AvgIpc) is 3.30. The third-order valence-corrected chi connectivity index (χ3v) is 6.00. The number of amides is 1. The fraction of sp³-hybridized carbons (Fsp3) is 0.320. The van der Waals surface area contributed by atoms with E-state index in [1.54, 1.807) is 36.4 Å². The van der Waals surface area contributed by atoms with Crippen LogP contribution < -0.4 is 20.1 Å². The lowest BCUT2D eigenvalue weighted by atomic mass is 9.96. The molecule has 2 atom stereocenters. The van der Waals surface area contributed by atoms with Crippen molar-refractivity contribution < 1.29 is 27.4 Å². The van der Waals surface area contributed by atoms with Crippen LogP contribution in [-0.2, 0) is 6.42 Å². The van der Waals surface area contributed by atoms with Gasteiger partial charge in [-0.15, -0.1) is 0 Å². The summed E-state index contributed by atoms with van der Waals surface area (Å²) in [6, 6.07) is 11.2. The maximum atomic E-state index is 14.0. The number of aromatic nitrogens is 2. The first kappa shape index (κ1) is 24.9. The van der Waals surface area contributed by atoms with Gasteiger partial charge in [-0.25, -0.2) is 4.68 Å². The SMILES string of the molecule is COc1ccc([C@H]2C[C@H](C(F)(F)F)n3ncc(C(=O)Nc4cccc(CCC#N)c4)c3N2)cc1OC. The number of fused-ring (bicyclic) bond motifs is 1. The van der Waals surface area contributed by atoms with Gasteiger partial charge >= 0.3 is 6.18 Å². The Labute approximate surface area is 205 Å². The summed E-state index contributed by atoms with van der Waals surface area (Å²) in [5, 5.41) is 18.5. The molecule has 3 aromatic rings. The van der Waals surface area contributed by atoms with Crippen molar-refractivity contribution in [2.45, 2.75) is 37.5 Å². The Balaban J connectivity index is 1.65. The van der Waals surface area contributed by atoms with Crippen LogP contribution in [0.2, 0.25) is 0 Å². The van der Waals surface area contributed by atoms with E-state index in [0.717, 1.165) is 16.4 Å². The highest BCUT2D eigenvalue weighted by molar-refractivity contribution is 6.07. The number of carbonyl (C=O) groups excluding carboxylic acids is 1. The molecule has 0 bridgehead atoms. The quantitative estimate of drug-likeness (QED) is 0.459. The minimum atomic E-state index is -4.58. The maximum absolute atomic E-state index is 14.0. The minimum absolute atomic E-state index is 0.0168. The predicted octanol–water partition coefficient (Wildman–Crippen LogP) is 5.27. The van der Waals surface area contributed by atoms with Crippen LogP contribution in [0.4, 0.5) is 24.7 Å². The maximum Gasteiger partial charge on any atom is 0.410 e. The number of nitriles is 1. The lowest BCUT2D eigenvalue weighted by molar-refractivity contribution is -0.173. The van der Waals surface area contributed by atoms with Crippen LogP contribution in [0.25, 0.3) is 0 Å². The van der Waals surface area contributed by atoms with E-state index >= 15 is 0 Å². The van der Waals surface area contributed by atoms with Crippen LogP contribution >= 0.6 is 0 Å². The van der Waals surface area contributed by atoms with Crippen molar-refractivity contribution in [3.63, 3.8) is 0 Å². The fourth-order valence-corrected chi connectivity index (χ4v) is 4.22. The van der Waals surface area contributed by atoms with Crippen molar-refractivity contribution in [1.82, 2.24) is 9.78 Å². The molecule has 2 N–H and O–H groups in total. The topological polar surface area (TPSA) is 101 Å². The largest absolute Gasteiger partial charge is 0.493 e. The second-order valence-corrected chi connectivity index (χ2v) is 8.27. The van der Waals surface area contributed by atoms with Gasteiger partial charge in [0.25, 0.3) is 5.91 Å². The summed E-state index contributed by atoms with van der Waals surface area (Å²) in [5.74, 6) is 0.205. The predicted molar refractivity (Wildman–Crippen MR) is 126 cm³/mol. The molecule has 0 unspecified atom stereocenters. The van der Waals surface area contributed by atoms with Gasteiger partial charge in [0.1, 0.15) is 11.4 Å². The number of carbonyl (C=O) groups is 1. The van der Waals surface area contributed by atoms with Gasteiger partial charge < -0.3 is 20.1 Å². The molecule has 0 fully saturated rings. The van der Waals surface area contributed by atoms with Crippen molar-refractivity contribution in [3.8, 4) is 17.6 Å². The third-order valence-electron chi connectivity index (χ3n) is 6.00. The first-order valence-electron chi connectivity index (χ1n) is 11.1. The van der Waals surface area contributed by atoms with Gasteiger partial charge in [0.05, 0.1) is 32.5 Å². The molecule has 1 amide bonds. The molecule has 0 radical (unpaired) electrons. The van der Waals surface area contributed by atoms with Crippen LogP contribution in [0.3, 0.4) is 0 Å². The molecule has 8 nitrogen and oxygen atoms in total. The molecule has 188 valence electrons. The van der Waals surface area contributed by atoms with E-state index in [1.807, 2.05) is 6.07 Å². The molecule has 4 rings (SSSR count). The molecule has 1 aliphatic rings. The number of hydrogen-bond acceptors (Lipinski definition) is 6. The normalized spacial score (nSPS) is 16.9. The monoisotopic (exact) mass is 499 g/mol. The van der Waals surface area contributed by atoms with E-state index in [-0.39, 0.29) is 17.8 Å². The summed E-state index contributed by atoms with van der Waals surface area (Å²) in [6.07, 6.45) is -2.93. The number of nitrogens with one attached hydrogen (secondary N) is 2. The molecule has 0 saturated heterocycles. The highest BCUT2D eigenvalue weighted by Crippen LogP contribution is 2.45.